The van der Waals surface area contributed by atoms with Crippen molar-refractivity contribution in [1.29, 1.82) is 0 Å². The molecule has 1 N–H and O–H groups in total. The fourth-order valence-electron chi connectivity index (χ4n) is 3.72. The molecule has 1 aromatic carbocycles. The highest BCUT2D eigenvalue weighted by Gasteiger charge is 2.27. The summed E-state index contributed by atoms with van der Waals surface area (Å²) in [6.07, 6.45) is 0. The predicted molar refractivity (Wildman–Crippen MR) is 129 cm³/mol. The average molecular weight is 490 g/mol. The van der Waals surface area contributed by atoms with Crippen LogP contribution in [0.1, 0.15) is 43.0 Å². The van der Waals surface area contributed by atoms with Gasteiger partial charge in [0.2, 0.25) is 5.91 Å². The van der Waals surface area contributed by atoms with Crippen molar-refractivity contribution >= 4 is 29.3 Å². The second-order valence-electron chi connectivity index (χ2n) is 8.56. The molecule has 0 radical (unpaired) electrons. The Morgan fingerprint density at radius 3 is 2.53 bits per heavy atom. The second-order valence-corrected chi connectivity index (χ2v) is 9.50. The van der Waals surface area contributed by atoms with Crippen LogP contribution < -0.4 is 5.32 Å². The molecule has 184 valence electrons. The quantitative estimate of drug-likeness (QED) is 0.323. The first-order valence-corrected chi connectivity index (χ1v) is 12.3. The molecule has 3 rings (SSSR count). The van der Waals surface area contributed by atoms with E-state index in [-0.39, 0.29) is 28.8 Å². The summed E-state index contributed by atoms with van der Waals surface area (Å²) in [7, 11) is 2.05. The number of hydrogen-bond acceptors (Lipinski definition) is 8. The van der Waals surface area contributed by atoms with Crippen molar-refractivity contribution in [3.05, 3.63) is 45.8 Å². The van der Waals surface area contributed by atoms with Crippen molar-refractivity contribution in [2.45, 2.75) is 38.5 Å². The number of nitrogens with one attached hydrogen (secondary N) is 1. The number of carbonyl (C=O) groups is 2. The standard InChI is InChI=1S/C22H31N7O4S/c1-5-28-20(24-25-22(28)34-14-18(30)27-11-9-26(4)10-12-27)19(15(2)3)23-21(31)16-7-6-8-17(13-16)29(32)33/h6-8,13,15,19H,5,9-12,14H2,1-4H3,(H,23,31). The van der Waals surface area contributed by atoms with Gasteiger partial charge in [-0.05, 0) is 26.0 Å². The number of likely N-dealkylation sites (N-methyl/N-ethyl adjacent to an activating group) is 1. The molecule has 2 aromatic rings. The number of nitrogens with zero attached hydrogens (tertiary/aromatic N) is 6. The lowest BCUT2D eigenvalue weighted by Crippen LogP contribution is -2.47. The Morgan fingerprint density at radius 2 is 1.91 bits per heavy atom. The minimum atomic E-state index is -0.530. The van der Waals surface area contributed by atoms with E-state index in [0.717, 1.165) is 26.2 Å². The number of nitro groups is 1. The molecule has 1 unspecified atom stereocenters. The first-order chi connectivity index (χ1) is 16.2. The zero-order chi connectivity index (χ0) is 24.8. The molecule has 0 bridgehead atoms. The predicted octanol–water partition coefficient (Wildman–Crippen LogP) is 2.20. The molecule has 2 heterocycles. The third kappa shape index (κ3) is 6.11. The number of carbonyl (C=O) groups excluding carboxylic acids is 2. The molecular weight excluding hydrogens is 458 g/mol. The summed E-state index contributed by atoms with van der Waals surface area (Å²) in [5.41, 5.74) is 0.0592. The Hall–Kier alpha value is -2.99. The minimum absolute atomic E-state index is 0.0121. The van der Waals surface area contributed by atoms with Crippen molar-refractivity contribution in [2.24, 2.45) is 5.92 Å². The normalized spacial score (nSPS) is 15.4. The van der Waals surface area contributed by atoms with Crippen LogP contribution in [0.5, 0.6) is 0 Å². The van der Waals surface area contributed by atoms with Crippen molar-refractivity contribution < 1.29 is 14.5 Å². The number of thioether (sulfide) groups is 1. The number of rotatable bonds is 9. The maximum Gasteiger partial charge on any atom is 0.270 e. The van der Waals surface area contributed by atoms with E-state index >= 15 is 0 Å². The van der Waals surface area contributed by atoms with Crippen molar-refractivity contribution in [1.82, 2.24) is 29.9 Å². The largest absolute Gasteiger partial charge is 0.342 e. The molecule has 0 aliphatic carbocycles. The molecule has 1 atom stereocenters. The van der Waals surface area contributed by atoms with E-state index in [1.165, 1.54) is 36.0 Å². The van der Waals surface area contributed by atoms with E-state index < -0.39 is 16.9 Å². The molecule has 2 amide bonds. The summed E-state index contributed by atoms with van der Waals surface area (Å²) < 4.78 is 1.90. The van der Waals surface area contributed by atoms with E-state index in [2.05, 4.69) is 20.4 Å². The van der Waals surface area contributed by atoms with Gasteiger partial charge in [-0.25, -0.2) is 0 Å². The lowest BCUT2D eigenvalue weighted by atomic mass is 10.0. The van der Waals surface area contributed by atoms with E-state index in [1.807, 2.05) is 37.3 Å². The van der Waals surface area contributed by atoms with Crippen molar-refractivity contribution in [2.75, 3.05) is 39.0 Å². The number of amides is 2. The SMILES string of the molecule is CCn1c(SCC(=O)N2CCN(C)CC2)nnc1C(NC(=O)c1cccc([N+](=O)[O-])c1)C(C)C. The summed E-state index contributed by atoms with van der Waals surface area (Å²) in [5, 5.41) is 23.3. The third-order valence-corrected chi connectivity index (χ3v) is 6.74. The van der Waals surface area contributed by atoms with Crippen LogP contribution in [0.3, 0.4) is 0 Å². The summed E-state index contributed by atoms with van der Waals surface area (Å²) in [6.45, 7) is 9.62. The number of piperazine rings is 1. The molecule has 1 aromatic heterocycles. The van der Waals surface area contributed by atoms with Gasteiger partial charge in [-0.15, -0.1) is 10.2 Å². The van der Waals surface area contributed by atoms with Crippen LogP contribution in [0.25, 0.3) is 0 Å². The van der Waals surface area contributed by atoms with E-state index in [9.17, 15) is 19.7 Å². The van der Waals surface area contributed by atoms with Gasteiger partial charge >= 0.3 is 0 Å². The van der Waals surface area contributed by atoms with E-state index in [1.54, 1.807) is 0 Å². The molecule has 1 aliphatic rings. The first-order valence-electron chi connectivity index (χ1n) is 11.3. The number of nitro benzene ring substituents is 1. The van der Waals surface area contributed by atoms with Gasteiger partial charge in [0.25, 0.3) is 11.6 Å². The first kappa shape index (κ1) is 25.6. The Kier molecular flexibility index (Phi) is 8.61. The smallest absolute Gasteiger partial charge is 0.270 e. The molecule has 34 heavy (non-hydrogen) atoms. The highest BCUT2D eigenvalue weighted by Crippen LogP contribution is 2.26. The molecule has 11 nitrogen and oxygen atoms in total. The number of benzene rings is 1. The molecule has 1 aliphatic heterocycles. The highest BCUT2D eigenvalue weighted by atomic mass is 32.2. The molecule has 1 fully saturated rings. The van der Waals surface area contributed by atoms with Crippen LogP contribution in [-0.4, -0.2) is 80.3 Å². The van der Waals surface area contributed by atoms with Gasteiger partial charge in [0.1, 0.15) is 0 Å². The lowest BCUT2D eigenvalue weighted by molar-refractivity contribution is -0.384. The summed E-state index contributed by atoms with van der Waals surface area (Å²) >= 11 is 1.34. The fourth-order valence-corrected chi connectivity index (χ4v) is 4.63. The van der Waals surface area contributed by atoms with Gasteiger partial charge in [0.15, 0.2) is 11.0 Å². The molecule has 0 spiro atoms. The van der Waals surface area contributed by atoms with Crippen LogP contribution >= 0.6 is 11.8 Å². The monoisotopic (exact) mass is 489 g/mol. The van der Waals surface area contributed by atoms with Gasteiger partial charge < -0.3 is 19.7 Å². The average Bonchev–Trinajstić information content (AvgIpc) is 3.23. The number of non-ortho nitro benzene ring substituents is 1. The topological polar surface area (TPSA) is 127 Å². The van der Waals surface area contributed by atoms with Crippen LogP contribution in [0.15, 0.2) is 29.4 Å². The van der Waals surface area contributed by atoms with Crippen LogP contribution in [0.4, 0.5) is 5.69 Å². The van der Waals surface area contributed by atoms with Crippen molar-refractivity contribution in [3.8, 4) is 0 Å². The Balaban J connectivity index is 1.72. The van der Waals surface area contributed by atoms with E-state index in [4.69, 9.17) is 0 Å². The van der Waals surface area contributed by atoms with Crippen LogP contribution in [-0.2, 0) is 11.3 Å². The molecular formula is C22H31N7O4S. The van der Waals surface area contributed by atoms with E-state index in [0.29, 0.717) is 17.5 Å². The van der Waals surface area contributed by atoms with Crippen LogP contribution in [0, 0.1) is 16.0 Å². The second kappa shape index (κ2) is 11.4. The van der Waals surface area contributed by atoms with Gasteiger partial charge in [-0.3, -0.25) is 19.7 Å². The highest BCUT2D eigenvalue weighted by molar-refractivity contribution is 7.99. The number of hydrogen-bond donors (Lipinski definition) is 1. The Bertz CT molecular complexity index is 1030. The van der Waals surface area contributed by atoms with Crippen LogP contribution in [0.2, 0.25) is 0 Å². The maximum atomic E-state index is 12.9. The minimum Gasteiger partial charge on any atom is -0.342 e. The summed E-state index contributed by atoms with van der Waals surface area (Å²) in [6, 6.07) is 5.16. The maximum absolute atomic E-state index is 12.9. The van der Waals surface area contributed by atoms with Gasteiger partial charge in [-0.2, -0.15) is 0 Å². The zero-order valence-electron chi connectivity index (χ0n) is 19.9. The van der Waals surface area contributed by atoms with Crippen molar-refractivity contribution in [3.63, 3.8) is 0 Å². The Labute approximate surface area is 203 Å². The van der Waals surface area contributed by atoms with Gasteiger partial charge in [0.05, 0.1) is 16.7 Å². The zero-order valence-corrected chi connectivity index (χ0v) is 20.7. The number of aromatic nitrogens is 3. The summed E-state index contributed by atoms with van der Waals surface area (Å²) in [4.78, 5) is 40.1. The molecule has 0 saturated carbocycles. The third-order valence-electron chi connectivity index (χ3n) is 5.79. The molecule has 1 saturated heterocycles. The fraction of sp³-hybridized carbons (Fsp3) is 0.545. The summed E-state index contributed by atoms with van der Waals surface area (Å²) in [5.74, 6) is 0.499. The lowest BCUT2D eigenvalue weighted by Gasteiger charge is -2.32. The van der Waals surface area contributed by atoms with Gasteiger partial charge in [-0.1, -0.05) is 31.7 Å². The Morgan fingerprint density at radius 1 is 1.21 bits per heavy atom. The van der Waals surface area contributed by atoms with Gasteiger partial charge in [0, 0.05) is 50.4 Å². The molecule has 12 heteroatoms.